The molecule has 0 fully saturated rings. The van der Waals surface area contributed by atoms with Gasteiger partial charge in [-0.1, -0.05) is 82.6 Å². The highest BCUT2D eigenvalue weighted by atomic mass is 14.7. The van der Waals surface area contributed by atoms with Gasteiger partial charge in [0.2, 0.25) is 0 Å². The van der Waals surface area contributed by atoms with Crippen molar-refractivity contribution < 1.29 is 0 Å². The molecule has 0 aliphatic heterocycles. The molecule has 210 valence electrons. The predicted molar refractivity (Wildman–Crippen MR) is 159 cm³/mol. The molecule has 0 aromatic rings. The molecule has 0 radical (unpaired) electrons. The highest BCUT2D eigenvalue weighted by molar-refractivity contribution is 4.95. The minimum atomic E-state index is -0.127. The smallest absolute Gasteiger partial charge is 0.0102 e. The Balaban J connectivity index is -0.00000120. The first-order chi connectivity index (χ1) is 14.9. The molecule has 3 heteroatoms. The maximum atomic E-state index is 6.44. The fraction of sp³-hybridized carbons (Fsp3) is 1.00. The average Bonchev–Trinajstić information content (AvgIpc) is 2.49. The van der Waals surface area contributed by atoms with Crippen molar-refractivity contribution in [2.45, 2.75) is 167 Å². The lowest BCUT2D eigenvalue weighted by atomic mass is 9.56. The second-order valence-corrected chi connectivity index (χ2v) is 15.6. The van der Waals surface area contributed by atoms with Crippen molar-refractivity contribution in [1.29, 1.82) is 0 Å². The summed E-state index contributed by atoms with van der Waals surface area (Å²) in [5.74, 6) is 0.734. The van der Waals surface area contributed by atoms with Gasteiger partial charge in [0.15, 0.2) is 0 Å². The van der Waals surface area contributed by atoms with Gasteiger partial charge in [-0.3, -0.25) is 0 Å². The van der Waals surface area contributed by atoms with Crippen molar-refractivity contribution in [1.82, 2.24) is 0 Å². The maximum Gasteiger partial charge on any atom is 0.0102 e. The van der Waals surface area contributed by atoms with E-state index in [2.05, 4.69) is 76.2 Å². The van der Waals surface area contributed by atoms with E-state index in [-0.39, 0.29) is 21.9 Å². The van der Waals surface area contributed by atoms with E-state index in [1.54, 1.807) is 0 Å². The fourth-order valence-corrected chi connectivity index (χ4v) is 6.57. The van der Waals surface area contributed by atoms with Crippen LogP contribution in [0.2, 0.25) is 0 Å². The third-order valence-corrected chi connectivity index (χ3v) is 5.79. The zero-order chi connectivity index (χ0) is 28.2. The minimum Gasteiger partial charge on any atom is -0.330 e. The summed E-state index contributed by atoms with van der Waals surface area (Å²) in [6, 6.07) is 0. The van der Waals surface area contributed by atoms with Crippen molar-refractivity contribution >= 4 is 0 Å². The van der Waals surface area contributed by atoms with Gasteiger partial charge in [-0.2, -0.15) is 0 Å². The summed E-state index contributed by atoms with van der Waals surface area (Å²) in [4.78, 5) is 0. The lowest BCUT2D eigenvalue weighted by molar-refractivity contribution is 0.0224. The molecular formula is C31H71N3. The van der Waals surface area contributed by atoms with E-state index in [0.29, 0.717) is 10.8 Å². The molecule has 0 amide bonds. The van der Waals surface area contributed by atoms with Gasteiger partial charge in [0.25, 0.3) is 0 Å². The van der Waals surface area contributed by atoms with E-state index in [1.807, 2.05) is 34.6 Å². The van der Waals surface area contributed by atoms with Gasteiger partial charge in [0, 0.05) is 11.1 Å². The lowest BCUT2D eigenvalue weighted by Crippen LogP contribution is -2.43. The van der Waals surface area contributed by atoms with Crippen molar-refractivity contribution in [2.75, 3.05) is 6.54 Å². The molecule has 0 rings (SSSR count). The van der Waals surface area contributed by atoms with Crippen LogP contribution in [0.15, 0.2) is 0 Å². The summed E-state index contributed by atoms with van der Waals surface area (Å²) in [5.41, 5.74) is 18.9. The molecule has 0 saturated heterocycles. The van der Waals surface area contributed by atoms with Crippen LogP contribution in [0, 0.1) is 27.6 Å². The number of hydrogen-bond acceptors (Lipinski definition) is 3. The van der Waals surface area contributed by atoms with E-state index in [0.717, 1.165) is 18.9 Å². The molecule has 34 heavy (non-hydrogen) atoms. The molecule has 0 saturated carbocycles. The van der Waals surface area contributed by atoms with Crippen LogP contribution < -0.4 is 17.2 Å². The normalized spacial score (nSPS) is 15.2. The van der Waals surface area contributed by atoms with Crippen LogP contribution in [-0.2, 0) is 0 Å². The molecule has 0 spiro atoms. The van der Waals surface area contributed by atoms with Crippen molar-refractivity contribution in [3.63, 3.8) is 0 Å². The van der Waals surface area contributed by atoms with Crippen LogP contribution in [0.25, 0.3) is 0 Å². The largest absolute Gasteiger partial charge is 0.330 e. The molecule has 0 aliphatic rings. The van der Waals surface area contributed by atoms with Crippen LogP contribution in [0.1, 0.15) is 156 Å². The third-order valence-electron chi connectivity index (χ3n) is 5.79. The van der Waals surface area contributed by atoms with Gasteiger partial charge in [0.05, 0.1) is 0 Å². The van der Waals surface area contributed by atoms with Crippen molar-refractivity contribution in [3.8, 4) is 0 Å². The molecule has 0 aromatic heterocycles. The third kappa shape index (κ3) is 23.6. The average molecular weight is 486 g/mol. The van der Waals surface area contributed by atoms with Gasteiger partial charge in [-0.05, 0) is 107 Å². The van der Waals surface area contributed by atoms with Gasteiger partial charge in [-0.25, -0.2) is 0 Å². The molecule has 0 heterocycles. The number of hydrogen-bond donors (Lipinski definition) is 3. The van der Waals surface area contributed by atoms with Crippen LogP contribution in [0.3, 0.4) is 0 Å². The molecule has 3 nitrogen and oxygen atoms in total. The lowest BCUT2D eigenvalue weighted by Gasteiger charge is -2.49. The summed E-state index contributed by atoms with van der Waals surface area (Å²) in [6.07, 6.45) is 8.58. The molecular weight excluding hydrogens is 414 g/mol. The Hall–Kier alpha value is -0.120. The minimum absolute atomic E-state index is 0. The topological polar surface area (TPSA) is 78.1 Å². The Morgan fingerprint density at radius 2 is 0.971 bits per heavy atom. The zero-order valence-corrected chi connectivity index (χ0v) is 27.0. The van der Waals surface area contributed by atoms with Gasteiger partial charge in [-0.15, -0.1) is 0 Å². The van der Waals surface area contributed by atoms with E-state index >= 15 is 0 Å². The first kappa shape index (κ1) is 38.4. The second-order valence-electron chi connectivity index (χ2n) is 15.6. The second kappa shape index (κ2) is 15.2. The van der Waals surface area contributed by atoms with Crippen LogP contribution in [0.5, 0.6) is 0 Å². The van der Waals surface area contributed by atoms with E-state index in [9.17, 15) is 0 Å². The first-order valence-corrected chi connectivity index (χ1v) is 14.1. The molecule has 0 aromatic carbocycles. The standard InChI is InChI=1S/C25H54N2.C4H11N.C2H6/c1-12-13-25(18-23(8,9)19-26,16-21(4,5)14-20(2)3)17-22(6,7)15-24(10,11)27;1-4(2,3)5;1-2/h20H,12-19,26-27H2,1-11H3;5H2,1-3H3;1-2H3. The highest BCUT2D eigenvalue weighted by Gasteiger charge is 2.43. The van der Waals surface area contributed by atoms with Crippen LogP contribution in [0.4, 0.5) is 0 Å². The maximum absolute atomic E-state index is 6.44. The highest BCUT2D eigenvalue weighted by Crippen LogP contribution is 2.53. The summed E-state index contributed by atoms with van der Waals surface area (Å²) in [7, 11) is 0. The summed E-state index contributed by atoms with van der Waals surface area (Å²) < 4.78 is 0. The Kier molecular flexibility index (Phi) is 17.2. The summed E-state index contributed by atoms with van der Waals surface area (Å²) in [5, 5.41) is 0. The number of rotatable bonds is 13. The quantitative estimate of drug-likeness (QED) is 0.243. The van der Waals surface area contributed by atoms with Crippen molar-refractivity contribution in [3.05, 3.63) is 0 Å². The Bertz CT molecular complexity index is 498. The predicted octanol–water partition coefficient (Wildman–Crippen LogP) is 8.92. The number of nitrogens with two attached hydrogens (primary N) is 3. The van der Waals surface area contributed by atoms with Gasteiger partial charge >= 0.3 is 0 Å². The first-order valence-electron chi connectivity index (χ1n) is 14.1. The monoisotopic (exact) mass is 486 g/mol. The summed E-state index contributed by atoms with van der Waals surface area (Å²) >= 11 is 0. The Morgan fingerprint density at radius 1 is 0.618 bits per heavy atom. The molecule has 0 aliphatic carbocycles. The van der Waals surface area contributed by atoms with E-state index in [4.69, 9.17) is 17.2 Å². The Morgan fingerprint density at radius 3 is 1.26 bits per heavy atom. The molecule has 6 N–H and O–H groups in total. The van der Waals surface area contributed by atoms with E-state index < -0.39 is 0 Å². The van der Waals surface area contributed by atoms with E-state index in [1.165, 1.54) is 38.5 Å². The molecule has 1 atom stereocenters. The summed E-state index contributed by atoms with van der Waals surface area (Å²) in [6.45, 7) is 36.6. The Labute approximate surface area is 218 Å². The SMILES string of the molecule is CC.CC(C)(C)N.CCCC(CC(C)(C)CN)(CC(C)(C)CC(C)C)CC(C)(C)CC(C)(C)N. The van der Waals surface area contributed by atoms with Gasteiger partial charge in [0.1, 0.15) is 0 Å². The van der Waals surface area contributed by atoms with Crippen LogP contribution in [-0.4, -0.2) is 17.6 Å². The molecule has 0 bridgehead atoms. The molecule has 1 unspecified atom stereocenters. The van der Waals surface area contributed by atoms with Crippen LogP contribution >= 0.6 is 0 Å². The zero-order valence-electron chi connectivity index (χ0n) is 27.0. The van der Waals surface area contributed by atoms with Crippen molar-refractivity contribution in [2.24, 2.45) is 44.8 Å². The van der Waals surface area contributed by atoms with Gasteiger partial charge < -0.3 is 17.2 Å². The fourth-order valence-electron chi connectivity index (χ4n) is 6.57.